The number of carbonyl (C=O) groups is 1. The SMILES string of the molecule is O=C(Cn1cccc(-c2nc(-c3ccccc3)no2)c1=O)Nc1ccccc1. The summed E-state index contributed by atoms with van der Waals surface area (Å²) in [5, 5.41) is 6.69. The molecule has 4 rings (SSSR count). The van der Waals surface area contributed by atoms with Crippen molar-refractivity contribution in [2.24, 2.45) is 0 Å². The number of anilines is 1. The number of rotatable bonds is 5. The lowest BCUT2D eigenvalue weighted by atomic mass is 10.2. The van der Waals surface area contributed by atoms with E-state index in [2.05, 4.69) is 15.5 Å². The second kappa shape index (κ2) is 7.71. The monoisotopic (exact) mass is 372 g/mol. The maximum Gasteiger partial charge on any atom is 0.263 e. The van der Waals surface area contributed by atoms with Gasteiger partial charge in [0.2, 0.25) is 11.7 Å². The highest BCUT2D eigenvalue weighted by atomic mass is 16.5. The number of nitrogens with zero attached hydrogens (tertiary/aromatic N) is 3. The lowest BCUT2D eigenvalue weighted by Crippen LogP contribution is -2.28. The normalized spacial score (nSPS) is 10.6. The van der Waals surface area contributed by atoms with Gasteiger partial charge in [-0.15, -0.1) is 0 Å². The van der Waals surface area contributed by atoms with Crippen molar-refractivity contribution in [2.45, 2.75) is 6.54 Å². The molecule has 7 heteroatoms. The van der Waals surface area contributed by atoms with Crippen LogP contribution in [0, 0.1) is 0 Å². The molecule has 0 saturated carbocycles. The number of aromatic nitrogens is 3. The van der Waals surface area contributed by atoms with E-state index in [-0.39, 0.29) is 29.5 Å². The van der Waals surface area contributed by atoms with E-state index in [1.807, 2.05) is 48.5 Å². The van der Waals surface area contributed by atoms with Crippen molar-refractivity contribution in [3.63, 3.8) is 0 Å². The second-order valence-corrected chi connectivity index (χ2v) is 6.06. The molecule has 2 aromatic heterocycles. The van der Waals surface area contributed by atoms with E-state index in [9.17, 15) is 9.59 Å². The molecule has 2 heterocycles. The largest absolute Gasteiger partial charge is 0.333 e. The minimum atomic E-state index is -0.381. The van der Waals surface area contributed by atoms with Gasteiger partial charge < -0.3 is 14.4 Å². The molecule has 0 radical (unpaired) electrons. The first-order valence-electron chi connectivity index (χ1n) is 8.64. The van der Waals surface area contributed by atoms with Crippen LogP contribution in [-0.4, -0.2) is 20.6 Å². The minimum absolute atomic E-state index is 0.113. The summed E-state index contributed by atoms with van der Waals surface area (Å²) in [7, 11) is 0. The Morgan fingerprint density at radius 1 is 0.964 bits per heavy atom. The molecule has 2 aromatic carbocycles. The standard InChI is InChI=1S/C21H16N4O3/c26-18(22-16-10-5-2-6-11-16)14-25-13-7-12-17(21(25)27)20-23-19(24-28-20)15-8-3-1-4-9-15/h1-13H,14H2,(H,22,26). The molecular weight excluding hydrogens is 356 g/mol. The third-order valence-corrected chi connectivity index (χ3v) is 4.08. The molecule has 1 N–H and O–H groups in total. The first-order chi connectivity index (χ1) is 13.7. The van der Waals surface area contributed by atoms with E-state index in [0.29, 0.717) is 11.5 Å². The van der Waals surface area contributed by atoms with Gasteiger partial charge in [-0.05, 0) is 24.3 Å². The predicted molar refractivity (Wildman–Crippen MR) is 105 cm³/mol. The van der Waals surface area contributed by atoms with E-state index in [1.165, 1.54) is 4.57 Å². The Hall–Kier alpha value is -4.00. The molecule has 0 fully saturated rings. The summed E-state index contributed by atoms with van der Waals surface area (Å²) in [5.41, 5.74) is 1.32. The smallest absolute Gasteiger partial charge is 0.263 e. The first kappa shape index (κ1) is 17.4. The summed E-state index contributed by atoms with van der Waals surface area (Å²) in [4.78, 5) is 29.3. The van der Waals surface area contributed by atoms with Crippen molar-refractivity contribution in [3.05, 3.63) is 89.3 Å². The van der Waals surface area contributed by atoms with E-state index < -0.39 is 0 Å². The predicted octanol–water partition coefficient (Wildman–Crippen LogP) is 3.20. The molecule has 1 amide bonds. The van der Waals surface area contributed by atoms with Crippen molar-refractivity contribution < 1.29 is 9.32 Å². The van der Waals surface area contributed by atoms with Crippen LogP contribution < -0.4 is 10.9 Å². The summed E-state index contributed by atoms with van der Waals surface area (Å²) in [6.07, 6.45) is 1.55. The number of hydrogen-bond donors (Lipinski definition) is 1. The Labute approximate surface area is 160 Å². The molecule has 0 unspecified atom stereocenters. The Morgan fingerprint density at radius 2 is 1.68 bits per heavy atom. The fourth-order valence-electron chi connectivity index (χ4n) is 2.74. The average Bonchev–Trinajstić information content (AvgIpc) is 3.21. The molecule has 0 atom stereocenters. The van der Waals surface area contributed by atoms with Gasteiger partial charge >= 0.3 is 0 Å². The van der Waals surface area contributed by atoms with Gasteiger partial charge in [0.05, 0.1) is 0 Å². The number of nitrogens with one attached hydrogen (secondary N) is 1. The Morgan fingerprint density at radius 3 is 2.43 bits per heavy atom. The third kappa shape index (κ3) is 3.73. The number of benzene rings is 2. The molecule has 28 heavy (non-hydrogen) atoms. The van der Waals surface area contributed by atoms with Gasteiger partial charge in [0, 0.05) is 17.4 Å². The number of pyridine rings is 1. The molecule has 0 aliphatic heterocycles. The van der Waals surface area contributed by atoms with Crippen LogP contribution in [0.3, 0.4) is 0 Å². The molecule has 0 aliphatic carbocycles. The topological polar surface area (TPSA) is 90.0 Å². The van der Waals surface area contributed by atoms with Crippen LogP contribution in [0.2, 0.25) is 0 Å². The Bertz CT molecular complexity index is 1150. The van der Waals surface area contributed by atoms with Crippen molar-refractivity contribution in [2.75, 3.05) is 5.32 Å². The van der Waals surface area contributed by atoms with Crippen LogP contribution >= 0.6 is 0 Å². The average molecular weight is 372 g/mol. The van der Waals surface area contributed by atoms with Crippen LogP contribution in [0.1, 0.15) is 0 Å². The van der Waals surface area contributed by atoms with Crippen molar-refractivity contribution in [1.29, 1.82) is 0 Å². The maximum absolute atomic E-state index is 12.8. The zero-order valence-corrected chi connectivity index (χ0v) is 14.8. The molecule has 0 saturated heterocycles. The van der Waals surface area contributed by atoms with Crippen molar-refractivity contribution in [3.8, 4) is 22.8 Å². The molecule has 0 spiro atoms. The summed E-state index contributed by atoms with van der Waals surface area (Å²) in [6.45, 7) is -0.124. The Balaban J connectivity index is 1.57. The minimum Gasteiger partial charge on any atom is -0.333 e. The van der Waals surface area contributed by atoms with Gasteiger partial charge in [0.15, 0.2) is 0 Å². The van der Waals surface area contributed by atoms with Gasteiger partial charge in [-0.2, -0.15) is 4.98 Å². The van der Waals surface area contributed by atoms with Crippen LogP contribution in [0.25, 0.3) is 22.8 Å². The van der Waals surface area contributed by atoms with Crippen molar-refractivity contribution in [1.82, 2.24) is 14.7 Å². The Kier molecular flexibility index (Phi) is 4.79. The maximum atomic E-state index is 12.8. The molecule has 0 bridgehead atoms. The van der Waals surface area contributed by atoms with Crippen LogP contribution in [0.5, 0.6) is 0 Å². The zero-order valence-electron chi connectivity index (χ0n) is 14.8. The zero-order chi connectivity index (χ0) is 19.3. The summed E-state index contributed by atoms with van der Waals surface area (Å²) < 4.78 is 6.57. The fraction of sp³-hybridized carbons (Fsp3) is 0.0476. The second-order valence-electron chi connectivity index (χ2n) is 6.06. The highest BCUT2D eigenvalue weighted by Crippen LogP contribution is 2.19. The molecule has 4 aromatic rings. The summed E-state index contributed by atoms with van der Waals surface area (Å²) >= 11 is 0. The number of hydrogen-bond acceptors (Lipinski definition) is 5. The summed E-state index contributed by atoms with van der Waals surface area (Å²) in [5.74, 6) is 0.204. The number of amides is 1. The lowest BCUT2D eigenvalue weighted by Gasteiger charge is -2.08. The third-order valence-electron chi connectivity index (χ3n) is 4.08. The number of para-hydroxylation sites is 1. The molecule has 0 aliphatic rings. The van der Waals surface area contributed by atoms with E-state index in [1.54, 1.807) is 30.5 Å². The highest BCUT2D eigenvalue weighted by Gasteiger charge is 2.15. The van der Waals surface area contributed by atoms with Gasteiger partial charge in [-0.3, -0.25) is 9.59 Å². The highest BCUT2D eigenvalue weighted by molar-refractivity contribution is 5.90. The first-order valence-corrected chi connectivity index (χ1v) is 8.64. The van der Waals surface area contributed by atoms with Gasteiger partial charge in [0.25, 0.3) is 11.4 Å². The van der Waals surface area contributed by atoms with Crippen LogP contribution in [0.15, 0.2) is 88.3 Å². The van der Waals surface area contributed by atoms with Crippen molar-refractivity contribution >= 4 is 11.6 Å². The van der Waals surface area contributed by atoms with Gasteiger partial charge in [-0.1, -0.05) is 53.7 Å². The van der Waals surface area contributed by atoms with Crippen LogP contribution in [0.4, 0.5) is 5.69 Å². The quantitative estimate of drug-likeness (QED) is 0.581. The molecule has 7 nitrogen and oxygen atoms in total. The van der Waals surface area contributed by atoms with Crippen LogP contribution in [-0.2, 0) is 11.3 Å². The van der Waals surface area contributed by atoms with Gasteiger partial charge in [-0.25, -0.2) is 0 Å². The van der Waals surface area contributed by atoms with Gasteiger partial charge in [0.1, 0.15) is 12.1 Å². The van der Waals surface area contributed by atoms with E-state index >= 15 is 0 Å². The molecular formula is C21H16N4O3. The van der Waals surface area contributed by atoms with E-state index in [4.69, 9.17) is 4.52 Å². The fourth-order valence-corrected chi connectivity index (χ4v) is 2.74. The summed E-state index contributed by atoms with van der Waals surface area (Å²) in [6, 6.07) is 21.6. The number of carbonyl (C=O) groups excluding carboxylic acids is 1. The van der Waals surface area contributed by atoms with E-state index in [0.717, 1.165) is 5.56 Å². The lowest BCUT2D eigenvalue weighted by molar-refractivity contribution is -0.116. The molecule has 138 valence electrons.